The number of unbranched alkanes of at least 4 members (excludes halogenated alkanes) is 6. The van der Waals surface area contributed by atoms with E-state index in [1.807, 2.05) is 37.3 Å². The number of carbonyl (C=O) groups excluding carboxylic acids is 1. The zero-order valence-electron chi connectivity index (χ0n) is 13.1. The SMILES string of the molecule is C#CCCCCCCCCC(=O)NC(C)c1ccccc1. The number of hydrogen-bond donors (Lipinski definition) is 1. The van der Waals surface area contributed by atoms with Crippen molar-refractivity contribution < 1.29 is 4.79 Å². The molecule has 0 bridgehead atoms. The van der Waals surface area contributed by atoms with Gasteiger partial charge in [-0.3, -0.25) is 4.79 Å². The van der Waals surface area contributed by atoms with E-state index < -0.39 is 0 Å². The second kappa shape index (κ2) is 11.0. The summed E-state index contributed by atoms with van der Waals surface area (Å²) in [4.78, 5) is 11.9. The van der Waals surface area contributed by atoms with Crippen molar-refractivity contribution in [1.82, 2.24) is 5.32 Å². The van der Waals surface area contributed by atoms with E-state index in [-0.39, 0.29) is 11.9 Å². The van der Waals surface area contributed by atoms with Crippen LogP contribution in [0.15, 0.2) is 30.3 Å². The molecule has 21 heavy (non-hydrogen) atoms. The lowest BCUT2D eigenvalue weighted by atomic mass is 10.1. The van der Waals surface area contributed by atoms with Crippen molar-refractivity contribution in [2.75, 3.05) is 0 Å². The van der Waals surface area contributed by atoms with Crippen LogP contribution >= 0.6 is 0 Å². The molecule has 0 saturated carbocycles. The lowest BCUT2D eigenvalue weighted by Crippen LogP contribution is -2.26. The third kappa shape index (κ3) is 8.19. The number of terminal acetylenes is 1. The minimum atomic E-state index is 0.0856. The Bertz CT molecular complexity index is 433. The van der Waals surface area contributed by atoms with E-state index in [0.717, 1.165) is 31.2 Å². The van der Waals surface area contributed by atoms with Gasteiger partial charge in [0.2, 0.25) is 5.91 Å². The van der Waals surface area contributed by atoms with Crippen molar-refractivity contribution in [3.8, 4) is 12.3 Å². The van der Waals surface area contributed by atoms with Crippen LogP contribution in [-0.4, -0.2) is 5.91 Å². The summed E-state index contributed by atoms with van der Waals surface area (Å²) in [6.07, 6.45) is 13.6. The molecule has 1 aromatic carbocycles. The molecule has 1 unspecified atom stereocenters. The number of benzene rings is 1. The molecule has 0 aliphatic carbocycles. The van der Waals surface area contributed by atoms with Gasteiger partial charge in [-0.05, 0) is 25.3 Å². The monoisotopic (exact) mass is 285 g/mol. The molecular formula is C19H27NO. The Morgan fingerprint density at radius 3 is 2.38 bits per heavy atom. The summed E-state index contributed by atoms with van der Waals surface area (Å²) in [7, 11) is 0. The molecule has 1 atom stereocenters. The van der Waals surface area contributed by atoms with Crippen LogP contribution in [0.3, 0.4) is 0 Å². The molecule has 1 aromatic rings. The average Bonchev–Trinajstić information content (AvgIpc) is 2.50. The molecule has 0 aliphatic heterocycles. The fourth-order valence-corrected chi connectivity index (χ4v) is 2.36. The van der Waals surface area contributed by atoms with Gasteiger partial charge in [-0.1, -0.05) is 56.0 Å². The van der Waals surface area contributed by atoms with Crippen LogP contribution < -0.4 is 5.32 Å². The van der Waals surface area contributed by atoms with Crippen LogP contribution in [0.5, 0.6) is 0 Å². The highest BCUT2D eigenvalue weighted by Gasteiger charge is 2.08. The molecule has 0 saturated heterocycles. The van der Waals surface area contributed by atoms with Gasteiger partial charge in [0.05, 0.1) is 6.04 Å². The first-order valence-corrected chi connectivity index (χ1v) is 8.02. The van der Waals surface area contributed by atoms with E-state index in [0.29, 0.717) is 6.42 Å². The Morgan fingerprint density at radius 1 is 1.10 bits per heavy atom. The number of nitrogens with one attached hydrogen (secondary N) is 1. The third-order valence-corrected chi connectivity index (χ3v) is 3.65. The van der Waals surface area contributed by atoms with Crippen molar-refractivity contribution >= 4 is 5.91 Å². The number of hydrogen-bond acceptors (Lipinski definition) is 1. The van der Waals surface area contributed by atoms with E-state index in [4.69, 9.17) is 6.42 Å². The minimum Gasteiger partial charge on any atom is -0.350 e. The quantitative estimate of drug-likeness (QED) is 0.493. The summed E-state index contributed by atoms with van der Waals surface area (Å²) >= 11 is 0. The summed E-state index contributed by atoms with van der Waals surface area (Å²) in [6.45, 7) is 2.03. The molecule has 0 aromatic heterocycles. The highest BCUT2D eigenvalue weighted by molar-refractivity contribution is 5.76. The van der Waals surface area contributed by atoms with Crippen LogP contribution in [0.2, 0.25) is 0 Å². The van der Waals surface area contributed by atoms with Gasteiger partial charge >= 0.3 is 0 Å². The maximum absolute atomic E-state index is 11.9. The first kappa shape index (κ1) is 17.3. The molecule has 0 fully saturated rings. The number of carbonyl (C=O) groups is 1. The minimum absolute atomic E-state index is 0.0856. The summed E-state index contributed by atoms with van der Waals surface area (Å²) < 4.78 is 0. The molecule has 114 valence electrons. The van der Waals surface area contributed by atoms with Crippen molar-refractivity contribution in [3.05, 3.63) is 35.9 Å². The van der Waals surface area contributed by atoms with Gasteiger partial charge in [-0.15, -0.1) is 12.3 Å². The van der Waals surface area contributed by atoms with Crippen LogP contribution in [0, 0.1) is 12.3 Å². The topological polar surface area (TPSA) is 29.1 Å². The predicted octanol–water partition coefficient (Wildman–Crippen LogP) is 4.62. The maximum atomic E-state index is 11.9. The van der Waals surface area contributed by atoms with Gasteiger partial charge in [0.15, 0.2) is 0 Å². The fourth-order valence-electron chi connectivity index (χ4n) is 2.36. The fraction of sp³-hybridized carbons (Fsp3) is 0.526. The Morgan fingerprint density at radius 2 is 1.71 bits per heavy atom. The van der Waals surface area contributed by atoms with Gasteiger partial charge < -0.3 is 5.32 Å². The Kier molecular flexibility index (Phi) is 9.04. The summed E-state index contributed by atoms with van der Waals surface area (Å²) in [5, 5.41) is 3.05. The predicted molar refractivity (Wildman–Crippen MR) is 88.8 cm³/mol. The average molecular weight is 285 g/mol. The van der Waals surface area contributed by atoms with Gasteiger partial charge in [0.1, 0.15) is 0 Å². The molecule has 1 amide bonds. The van der Waals surface area contributed by atoms with Gasteiger partial charge in [0, 0.05) is 12.8 Å². The molecule has 0 spiro atoms. The Balaban J connectivity index is 2.05. The standard InChI is InChI=1S/C19H27NO/c1-3-4-5-6-7-8-9-13-16-19(21)20-17(2)18-14-11-10-12-15-18/h1,10-12,14-15,17H,4-9,13,16H2,2H3,(H,20,21). The Hall–Kier alpha value is -1.75. The van der Waals surface area contributed by atoms with E-state index in [9.17, 15) is 4.79 Å². The van der Waals surface area contributed by atoms with E-state index in [1.54, 1.807) is 0 Å². The van der Waals surface area contributed by atoms with E-state index in [2.05, 4.69) is 11.2 Å². The van der Waals surface area contributed by atoms with E-state index >= 15 is 0 Å². The second-order valence-electron chi connectivity index (χ2n) is 5.53. The second-order valence-corrected chi connectivity index (χ2v) is 5.53. The molecular weight excluding hydrogens is 258 g/mol. The first-order valence-electron chi connectivity index (χ1n) is 8.02. The smallest absolute Gasteiger partial charge is 0.220 e. The normalized spacial score (nSPS) is 11.6. The van der Waals surface area contributed by atoms with Crippen molar-refractivity contribution in [2.24, 2.45) is 0 Å². The number of amides is 1. The summed E-state index contributed by atoms with van der Waals surface area (Å²) in [5.41, 5.74) is 1.15. The van der Waals surface area contributed by atoms with Crippen LogP contribution in [-0.2, 0) is 4.79 Å². The highest BCUT2D eigenvalue weighted by atomic mass is 16.1. The molecule has 0 radical (unpaired) electrons. The third-order valence-electron chi connectivity index (χ3n) is 3.65. The molecule has 2 nitrogen and oxygen atoms in total. The maximum Gasteiger partial charge on any atom is 0.220 e. The lowest BCUT2D eigenvalue weighted by molar-refractivity contribution is -0.121. The zero-order chi connectivity index (χ0) is 15.3. The molecule has 2 heteroatoms. The zero-order valence-corrected chi connectivity index (χ0v) is 13.1. The van der Waals surface area contributed by atoms with Crippen molar-refractivity contribution in [1.29, 1.82) is 0 Å². The highest BCUT2D eigenvalue weighted by Crippen LogP contribution is 2.12. The summed E-state index contributed by atoms with van der Waals surface area (Å²) in [5.74, 6) is 2.81. The Labute approximate surface area is 129 Å². The number of rotatable bonds is 10. The molecule has 0 aliphatic rings. The first-order chi connectivity index (χ1) is 10.2. The van der Waals surface area contributed by atoms with Crippen LogP contribution in [0.1, 0.15) is 69.9 Å². The molecule has 1 rings (SSSR count). The molecule has 0 heterocycles. The van der Waals surface area contributed by atoms with Crippen LogP contribution in [0.25, 0.3) is 0 Å². The van der Waals surface area contributed by atoms with Gasteiger partial charge in [-0.2, -0.15) is 0 Å². The van der Waals surface area contributed by atoms with E-state index in [1.165, 1.54) is 19.3 Å². The lowest BCUT2D eigenvalue weighted by Gasteiger charge is -2.14. The van der Waals surface area contributed by atoms with Gasteiger partial charge in [-0.25, -0.2) is 0 Å². The van der Waals surface area contributed by atoms with Crippen molar-refractivity contribution in [2.45, 2.75) is 64.3 Å². The van der Waals surface area contributed by atoms with Gasteiger partial charge in [0.25, 0.3) is 0 Å². The summed E-state index contributed by atoms with van der Waals surface area (Å²) in [6, 6.07) is 10.2. The largest absolute Gasteiger partial charge is 0.350 e. The molecule has 1 N–H and O–H groups in total. The van der Waals surface area contributed by atoms with Crippen LogP contribution in [0.4, 0.5) is 0 Å². The van der Waals surface area contributed by atoms with Crippen molar-refractivity contribution in [3.63, 3.8) is 0 Å².